The molecule has 0 bridgehead atoms. The van der Waals surface area contributed by atoms with Crippen molar-refractivity contribution < 1.29 is 14.0 Å². The molecule has 0 amide bonds. The lowest BCUT2D eigenvalue weighted by Crippen LogP contribution is -2.33. The molecule has 0 radical (unpaired) electrons. The second kappa shape index (κ2) is 13.8. The van der Waals surface area contributed by atoms with E-state index in [-0.39, 0.29) is 20.3 Å². The first-order valence-electron chi connectivity index (χ1n) is 11.6. The molecule has 6 nitrogen and oxygen atoms in total. The molecule has 0 saturated carbocycles. The maximum Gasteiger partial charge on any atom is 0.358 e. The minimum Gasteiger partial charge on any atom is -0.491 e. The molecule has 0 aliphatic heterocycles. The van der Waals surface area contributed by atoms with Gasteiger partial charge in [-0.1, -0.05) is 32.9 Å². The van der Waals surface area contributed by atoms with Gasteiger partial charge in [-0.2, -0.15) is 0 Å². The normalized spacial score (nSPS) is 14.1. The van der Waals surface area contributed by atoms with Crippen molar-refractivity contribution in [2.45, 2.75) is 64.2 Å². The molecule has 0 aliphatic rings. The molecular weight excluding hydrogens is 484 g/mol. The highest BCUT2D eigenvalue weighted by molar-refractivity contribution is 8.04. The standard InChI is InChI=1S/C25H36N3O3P2S/c1-7-19(4)30-22-14-10-20(11-15-22)18-27-28(6)33(34)25(8-2,9-3)31-23-16-12-21(13-17-23)24(26-5)32-29/h10-19,24,26H,7-9H2,1-6H3/q+1/b27-18+. The molecule has 184 valence electrons. The highest BCUT2D eigenvalue weighted by Crippen LogP contribution is 2.48. The third kappa shape index (κ3) is 7.55. The van der Waals surface area contributed by atoms with E-state index in [2.05, 4.69) is 38.1 Å². The fraction of sp³-hybridized carbons (Fsp3) is 0.480. The van der Waals surface area contributed by atoms with Gasteiger partial charge in [-0.15, -0.1) is 9.88 Å². The lowest BCUT2D eigenvalue weighted by molar-refractivity contribution is 0.146. The number of rotatable bonds is 14. The van der Waals surface area contributed by atoms with Crippen LogP contribution in [-0.2, 0) is 16.4 Å². The van der Waals surface area contributed by atoms with Gasteiger partial charge >= 0.3 is 6.85 Å². The van der Waals surface area contributed by atoms with Crippen LogP contribution < -0.4 is 14.8 Å². The predicted molar refractivity (Wildman–Crippen MR) is 146 cm³/mol. The lowest BCUT2D eigenvalue weighted by Gasteiger charge is -2.26. The molecule has 3 unspecified atom stereocenters. The number of hydrogen-bond donors (Lipinski definition) is 1. The summed E-state index contributed by atoms with van der Waals surface area (Å²) in [5.74, 6) is 1.37. The maximum atomic E-state index is 11.3. The first kappa shape index (κ1) is 28.3. The number of nitrogens with one attached hydrogen (secondary N) is 1. The summed E-state index contributed by atoms with van der Waals surface area (Å²) < 4.78 is 25.5. The van der Waals surface area contributed by atoms with Crippen LogP contribution in [0, 0.1) is 0 Å². The van der Waals surface area contributed by atoms with Gasteiger partial charge in [0.25, 0.3) is 5.34 Å². The van der Waals surface area contributed by atoms with E-state index in [0.29, 0.717) is 0 Å². The lowest BCUT2D eigenvalue weighted by atomic mass is 10.2. The van der Waals surface area contributed by atoms with Crippen LogP contribution in [0.4, 0.5) is 0 Å². The molecule has 34 heavy (non-hydrogen) atoms. The molecule has 0 heterocycles. The van der Waals surface area contributed by atoms with E-state index < -0.39 is 12.2 Å². The Hall–Kier alpha value is -1.91. The van der Waals surface area contributed by atoms with E-state index >= 15 is 0 Å². The Kier molecular flexibility index (Phi) is 11.5. The Labute approximate surface area is 211 Å². The second-order valence-electron chi connectivity index (χ2n) is 8.03. The Bertz CT molecular complexity index is 951. The molecule has 9 heteroatoms. The van der Waals surface area contributed by atoms with Crippen molar-refractivity contribution >= 4 is 33.3 Å². The summed E-state index contributed by atoms with van der Waals surface area (Å²) >= 11 is 5.97. The molecule has 0 saturated heterocycles. The minimum atomic E-state index is -1.15. The first-order chi connectivity index (χ1) is 16.3. The smallest absolute Gasteiger partial charge is 0.358 e. The molecule has 2 aromatic rings. The van der Waals surface area contributed by atoms with Crippen LogP contribution in [-0.4, -0.2) is 36.5 Å². The van der Waals surface area contributed by atoms with Crippen LogP contribution in [0.5, 0.6) is 11.5 Å². The molecule has 1 N–H and O–H groups in total. The minimum absolute atomic E-state index is 0.0343. The summed E-state index contributed by atoms with van der Waals surface area (Å²) in [6, 6.07) is 15.6. The van der Waals surface area contributed by atoms with Gasteiger partial charge in [0, 0.05) is 12.8 Å². The van der Waals surface area contributed by atoms with Gasteiger partial charge in [-0.25, -0.2) is 0 Å². The average molecular weight is 521 g/mol. The molecule has 0 fully saturated rings. The van der Waals surface area contributed by atoms with Crippen LogP contribution >= 0.6 is 15.3 Å². The molecule has 3 atom stereocenters. The van der Waals surface area contributed by atoms with E-state index in [4.69, 9.17) is 21.3 Å². The fourth-order valence-corrected chi connectivity index (χ4v) is 6.14. The van der Waals surface area contributed by atoms with Crippen LogP contribution in [0.25, 0.3) is 0 Å². The first-order valence-corrected chi connectivity index (χ1v) is 14.8. The molecule has 2 aromatic carbocycles. The molecular formula is C25H36N3O3P2S+. The second-order valence-corrected chi connectivity index (χ2v) is 11.7. The van der Waals surface area contributed by atoms with E-state index in [9.17, 15) is 4.57 Å². The van der Waals surface area contributed by atoms with Crippen molar-refractivity contribution in [2.24, 2.45) is 5.10 Å². The van der Waals surface area contributed by atoms with Crippen LogP contribution in [0.2, 0.25) is 0 Å². The Balaban J connectivity index is 2.12. The molecule has 0 aliphatic carbocycles. The number of ether oxygens (including phenoxy) is 2. The van der Waals surface area contributed by atoms with Gasteiger partial charge in [-0.05, 0) is 67.9 Å². The number of benzene rings is 2. The predicted octanol–water partition coefficient (Wildman–Crippen LogP) is 7.09. The number of hydrazone groups is 1. The van der Waals surface area contributed by atoms with E-state index in [0.717, 1.165) is 41.9 Å². The van der Waals surface area contributed by atoms with Gasteiger partial charge < -0.3 is 14.8 Å². The Morgan fingerprint density at radius 1 is 1.12 bits per heavy atom. The third-order valence-corrected chi connectivity index (χ3v) is 10.3. The SMILES string of the molecule is CCC(C)Oc1ccc(/C=N/N(C)[P+](=S)C(CC)(CC)Oc2ccc(C(NC)P=O)cc2)cc1. The van der Waals surface area contributed by atoms with Gasteiger partial charge in [0.1, 0.15) is 17.3 Å². The highest BCUT2D eigenvalue weighted by Gasteiger charge is 2.48. The summed E-state index contributed by atoms with van der Waals surface area (Å²) in [5, 5.41) is 7.13. The quantitative estimate of drug-likeness (QED) is 0.163. The zero-order valence-electron chi connectivity index (χ0n) is 20.9. The van der Waals surface area contributed by atoms with Crippen molar-refractivity contribution in [1.82, 2.24) is 10.1 Å². The van der Waals surface area contributed by atoms with Gasteiger partial charge in [0.05, 0.1) is 19.4 Å². The largest absolute Gasteiger partial charge is 0.491 e. The van der Waals surface area contributed by atoms with Crippen molar-refractivity contribution in [3.63, 3.8) is 0 Å². The van der Waals surface area contributed by atoms with Gasteiger partial charge in [0.15, 0.2) is 20.3 Å². The van der Waals surface area contributed by atoms with Crippen LogP contribution in [0.1, 0.15) is 63.9 Å². The number of hydrogen-bond acceptors (Lipinski definition) is 6. The topological polar surface area (TPSA) is 63.2 Å². The summed E-state index contributed by atoms with van der Waals surface area (Å²) in [6.07, 6.45) is 4.51. The van der Waals surface area contributed by atoms with E-state index in [1.807, 2.05) is 66.6 Å². The van der Waals surface area contributed by atoms with Crippen LogP contribution in [0.3, 0.4) is 0 Å². The molecule has 0 spiro atoms. The van der Waals surface area contributed by atoms with E-state index in [1.165, 1.54) is 0 Å². The van der Waals surface area contributed by atoms with Gasteiger partial charge in [0.2, 0.25) is 0 Å². The highest BCUT2D eigenvalue weighted by atomic mass is 32.4. The van der Waals surface area contributed by atoms with Crippen molar-refractivity contribution in [1.29, 1.82) is 0 Å². The maximum absolute atomic E-state index is 11.3. The Morgan fingerprint density at radius 3 is 2.21 bits per heavy atom. The van der Waals surface area contributed by atoms with Crippen molar-refractivity contribution in [3.8, 4) is 11.5 Å². The fourth-order valence-electron chi connectivity index (χ4n) is 3.33. The summed E-state index contributed by atoms with van der Waals surface area (Å²) in [5.41, 5.74) is 1.92. The molecule has 0 aromatic heterocycles. The summed E-state index contributed by atoms with van der Waals surface area (Å²) in [4.78, 5) is 0. The molecule has 2 rings (SSSR count). The summed E-state index contributed by atoms with van der Waals surface area (Å²) in [6.45, 7) is 7.21. The average Bonchev–Trinajstić information content (AvgIpc) is 2.87. The van der Waals surface area contributed by atoms with Crippen molar-refractivity contribution in [3.05, 3.63) is 59.7 Å². The zero-order chi connectivity index (χ0) is 25.1. The third-order valence-electron chi connectivity index (χ3n) is 5.77. The van der Waals surface area contributed by atoms with E-state index in [1.54, 1.807) is 7.05 Å². The van der Waals surface area contributed by atoms with Crippen molar-refractivity contribution in [2.75, 3.05) is 14.1 Å². The zero-order valence-corrected chi connectivity index (χ0v) is 23.5. The Morgan fingerprint density at radius 2 is 1.71 bits per heavy atom. The number of nitrogens with zero attached hydrogens (tertiary/aromatic N) is 2. The van der Waals surface area contributed by atoms with Crippen LogP contribution in [0.15, 0.2) is 53.6 Å². The van der Waals surface area contributed by atoms with Gasteiger partial charge in [-0.3, -0.25) is 4.57 Å². The summed E-state index contributed by atoms with van der Waals surface area (Å²) in [7, 11) is 3.73. The monoisotopic (exact) mass is 520 g/mol.